The number of aromatic nitrogens is 6. The van der Waals surface area contributed by atoms with Crippen LogP contribution >= 0.6 is 63.7 Å². The molecule has 10 N–H and O–H groups in total. The number of carbonyl (C=O) groups excluding carboxylic acids is 2. The van der Waals surface area contributed by atoms with E-state index in [2.05, 4.69) is 104 Å². The van der Waals surface area contributed by atoms with Gasteiger partial charge in [0.15, 0.2) is 11.9 Å². The van der Waals surface area contributed by atoms with E-state index in [0.29, 0.717) is 44.9 Å². The molecule has 0 aliphatic carbocycles. The summed E-state index contributed by atoms with van der Waals surface area (Å²) in [6, 6.07) is 3.37. The van der Waals surface area contributed by atoms with E-state index in [4.69, 9.17) is 11.5 Å². The molecule has 1 unspecified atom stereocenters. The van der Waals surface area contributed by atoms with Gasteiger partial charge in [0.05, 0.1) is 35.7 Å². The number of nitrogens with two attached hydrogens (primary N) is 2. The summed E-state index contributed by atoms with van der Waals surface area (Å²) >= 11 is 13.4. The quantitative estimate of drug-likeness (QED) is 0.117. The van der Waals surface area contributed by atoms with Crippen LogP contribution in [0.3, 0.4) is 0 Å². The van der Waals surface area contributed by atoms with Crippen LogP contribution in [0.5, 0.6) is 0 Å². The Labute approximate surface area is 250 Å². The van der Waals surface area contributed by atoms with Crippen molar-refractivity contribution in [2.75, 3.05) is 24.6 Å². The predicted octanol–water partition coefficient (Wildman–Crippen LogP) is 4.40. The molecule has 38 heavy (non-hydrogen) atoms. The van der Waals surface area contributed by atoms with Crippen molar-refractivity contribution in [3.8, 4) is 0 Å². The molecule has 4 aromatic rings. The van der Waals surface area contributed by atoms with Crippen molar-refractivity contribution in [3.05, 3.63) is 71.0 Å². The molecule has 4 rings (SSSR count). The van der Waals surface area contributed by atoms with E-state index in [9.17, 15) is 9.59 Å². The first kappa shape index (κ1) is 28.2. The Kier molecular flexibility index (Phi) is 9.17. The van der Waals surface area contributed by atoms with E-state index in [0.717, 1.165) is 14.6 Å². The monoisotopic (exact) mass is 774 g/mol. The normalized spacial score (nSPS) is 12.2. The number of amides is 2. The molecule has 4 heterocycles. The average Bonchev–Trinajstić information content (AvgIpc) is 3.63. The smallest absolute Gasteiger partial charge is 0.268 e. The van der Waals surface area contributed by atoms with Gasteiger partial charge in [0, 0.05) is 24.7 Å². The number of hydrogen-bond donors (Lipinski definition) is 8. The second-order valence-electron chi connectivity index (χ2n) is 8.04. The summed E-state index contributed by atoms with van der Waals surface area (Å²) in [5.74, 6) is -0.293. The minimum absolute atomic E-state index is 0.229. The summed E-state index contributed by atoms with van der Waals surface area (Å²) in [6.45, 7) is 0.606. The van der Waals surface area contributed by atoms with E-state index in [1.165, 1.54) is 0 Å². The molecule has 0 saturated heterocycles. The second kappa shape index (κ2) is 12.4. The summed E-state index contributed by atoms with van der Waals surface area (Å²) in [7, 11) is 0. The number of rotatable bonds is 10. The predicted molar refractivity (Wildman–Crippen MR) is 159 cm³/mol. The lowest BCUT2D eigenvalue weighted by Gasteiger charge is -2.15. The van der Waals surface area contributed by atoms with E-state index >= 15 is 0 Å². The first-order valence-corrected chi connectivity index (χ1v) is 14.3. The molecule has 0 bridgehead atoms. The number of anilines is 2. The van der Waals surface area contributed by atoms with Gasteiger partial charge in [-0.1, -0.05) is 6.08 Å². The van der Waals surface area contributed by atoms with Gasteiger partial charge >= 0.3 is 0 Å². The summed E-state index contributed by atoms with van der Waals surface area (Å²) in [5, 5.41) is 5.72. The molecule has 12 nitrogen and oxygen atoms in total. The molecule has 0 aromatic carbocycles. The molecule has 2 amide bonds. The highest BCUT2D eigenvalue weighted by Gasteiger charge is 2.23. The van der Waals surface area contributed by atoms with Crippen LogP contribution in [0.1, 0.15) is 50.4 Å². The lowest BCUT2D eigenvalue weighted by molar-refractivity contribution is 0.0942. The standard InChI is InChI=1S/C22H22Br4N10O2/c23-10-6-13(32-17(10)25)19(37)29-4-1-2-12-16(36-22(28)34-12)9(15-8-31-21(27)35-15)3-5-30-20(38)14-7-11(24)18(26)33-14/h1-2,6-9,32-33H,3-5H2,(H,29,37)(H,30,38)(H3,27,31,35)(H3,28,34,36). The molecule has 0 saturated carbocycles. The molecule has 0 radical (unpaired) electrons. The Balaban J connectivity index is 1.45. The molecule has 0 aliphatic rings. The highest BCUT2D eigenvalue weighted by atomic mass is 79.9. The van der Waals surface area contributed by atoms with Gasteiger partial charge in [-0.3, -0.25) is 9.59 Å². The lowest BCUT2D eigenvalue weighted by atomic mass is 9.96. The van der Waals surface area contributed by atoms with Crippen LogP contribution in [0.2, 0.25) is 0 Å². The molecular weight excluding hydrogens is 756 g/mol. The number of halogens is 4. The summed E-state index contributed by atoms with van der Waals surface area (Å²) in [6.07, 6.45) is 5.66. The number of nitrogens with zero attached hydrogens (tertiary/aromatic N) is 2. The Morgan fingerprint density at radius 3 is 2.11 bits per heavy atom. The molecule has 4 aromatic heterocycles. The topological polar surface area (TPSA) is 199 Å². The lowest BCUT2D eigenvalue weighted by Crippen LogP contribution is -2.26. The van der Waals surface area contributed by atoms with E-state index < -0.39 is 0 Å². The van der Waals surface area contributed by atoms with E-state index in [1.54, 1.807) is 30.5 Å². The fourth-order valence-corrected chi connectivity index (χ4v) is 5.00. The molecule has 16 heteroatoms. The van der Waals surface area contributed by atoms with Crippen molar-refractivity contribution in [2.24, 2.45) is 0 Å². The fourth-order valence-electron chi connectivity index (χ4n) is 3.69. The van der Waals surface area contributed by atoms with Crippen molar-refractivity contribution >= 4 is 93.5 Å². The third-order valence-electron chi connectivity index (χ3n) is 5.43. The zero-order valence-corrected chi connectivity index (χ0v) is 25.8. The van der Waals surface area contributed by atoms with Crippen molar-refractivity contribution in [3.63, 3.8) is 0 Å². The van der Waals surface area contributed by atoms with Crippen molar-refractivity contribution in [1.29, 1.82) is 0 Å². The number of nitrogens with one attached hydrogen (secondary N) is 6. The van der Waals surface area contributed by atoms with E-state index in [-0.39, 0.29) is 36.2 Å². The summed E-state index contributed by atoms with van der Waals surface area (Å²) < 4.78 is 2.88. The average molecular weight is 778 g/mol. The van der Waals surface area contributed by atoms with Crippen LogP contribution in [0.25, 0.3) is 6.08 Å². The van der Waals surface area contributed by atoms with Gasteiger partial charge in [0.1, 0.15) is 11.4 Å². The first-order valence-electron chi connectivity index (χ1n) is 11.1. The highest BCUT2D eigenvalue weighted by molar-refractivity contribution is 9.13. The number of H-pyrrole nitrogens is 4. The number of aromatic amines is 4. The van der Waals surface area contributed by atoms with Gasteiger partial charge in [-0.25, -0.2) is 9.97 Å². The summed E-state index contributed by atoms with van der Waals surface area (Å²) in [5.41, 5.74) is 14.7. The Hall–Kier alpha value is -2.82. The molecule has 1 atom stereocenters. The summed E-state index contributed by atoms with van der Waals surface area (Å²) in [4.78, 5) is 45.5. The van der Waals surface area contributed by atoms with Crippen LogP contribution in [0.15, 0.2) is 42.6 Å². The number of imidazole rings is 2. The largest absolute Gasteiger partial charge is 0.369 e. The van der Waals surface area contributed by atoms with Gasteiger partial charge in [-0.15, -0.1) is 0 Å². The van der Waals surface area contributed by atoms with Gasteiger partial charge in [0.25, 0.3) is 11.8 Å². The molecule has 200 valence electrons. The number of hydrogen-bond acceptors (Lipinski definition) is 6. The molecular formula is C22H22Br4N10O2. The van der Waals surface area contributed by atoms with Gasteiger partial charge in [-0.2, -0.15) is 0 Å². The van der Waals surface area contributed by atoms with Gasteiger partial charge in [-0.05, 0) is 88.3 Å². The third-order valence-corrected chi connectivity index (χ3v) is 9.00. The Morgan fingerprint density at radius 1 is 0.921 bits per heavy atom. The van der Waals surface area contributed by atoms with Crippen molar-refractivity contribution in [2.45, 2.75) is 12.3 Å². The third kappa shape index (κ3) is 6.78. The highest BCUT2D eigenvalue weighted by Crippen LogP contribution is 2.30. The first-order chi connectivity index (χ1) is 18.1. The SMILES string of the molecule is Nc1ncc(C(CCNC(=O)c2cc(Br)c(Br)[nH]2)c2[nH]c(N)nc2C=CCNC(=O)c2cc(Br)c(Br)[nH]2)[nH]1. The zero-order chi connectivity index (χ0) is 27.4. The van der Waals surface area contributed by atoms with Crippen LogP contribution in [0.4, 0.5) is 11.9 Å². The maximum atomic E-state index is 12.6. The maximum absolute atomic E-state index is 12.6. The second-order valence-corrected chi connectivity index (χ2v) is 11.3. The number of nitrogen functional groups attached to an aromatic ring is 2. The van der Waals surface area contributed by atoms with Crippen LogP contribution in [0, 0.1) is 0 Å². The molecule has 0 fully saturated rings. The van der Waals surface area contributed by atoms with Gasteiger partial charge < -0.3 is 42.0 Å². The van der Waals surface area contributed by atoms with Gasteiger partial charge in [0.2, 0.25) is 0 Å². The minimum atomic E-state index is -0.283. The Morgan fingerprint density at radius 2 is 1.55 bits per heavy atom. The fraction of sp³-hybridized carbons (Fsp3) is 0.182. The van der Waals surface area contributed by atoms with Crippen LogP contribution < -0.4 is 22.1 Å². The van der Waals surface area contributed by atoms with Crippen molar-refractivity contribution < 1.29 is 9.59 Å². The maximum Gasteiger partial charge on any atom is 0.268 e. The zero-order valence-electron chi connectivity index (χ0n) is 19.5. The Bertz CT molecular complexity index is 1450. The van der Waals surface area contributed by atoms with Crippen molar-refractivity contribution in [1.82, 2.24) is 40.5 Å². The molecule has 0 spiro atoms. The van der Waals surface area contributed by atoms with Crippen LogP contribution in [-0.2, 0) is 0 Å². The van der Waals surface area contributed by atoms with E-state index in [1.807, 2.05) is 0 Å². The number of carbonyl (C=O) groups is 2. The van der Waals surface area contributed by atoms with Crippen LogP contribution in [-0.4, -0.2) is 54.8 Å². The minimum Gasteiger partial charge on any atom is -0.369 e. The molecule has 0 aliphatic heterocycles.